The van der Waals surface area contributed by atoms with Crippen molar-refractivity contribution in [2.45, 2.75) is 26.8 Å². The van der Waals surface area contributed by atoms with Crippen LogP contribution in [-0.4, -0.2) is 11.9 Å². The van der Waals surface area contributed by atoms with Crippen LogP contribution in [0.5, 0.6) is 0 Å². The van der Waals surface area contributed by atoms with E-state index in [1.54, 1.807) is 0 Å². The van der Waals surface area contributed by atoms with Crippen molar-refractivity contribution < 1.29 is 4.79 Å². The van der Waals surface area contributed by atoms with Crippen LogP contribution in [0.4, 0.5) is 0 Å². The maximum Gasteiger partial charge on any atom is 0.230 e. The normalized spacial score (nSPS) is 34.5. The highest BCUT2D eigenvalue weighted by atomic mass is 16.2. The summed E-state index contributed by atoms with van der Waals surface area (Å²) in [5, 5.41) is 2.83. The highest BCUT2D eigenvalue weighted by Crippen LogP contribution is 2.44. The second-order valence-corrected chi connectivity index (χ2v) is 4.38. The number of nitrogens with one attached hydrogen (secondary N) is 1. The van der Waals surface area contributed by atoms with Crippen LogP contribution in [0.1, 0.15) is 20.8 Å². The van der Waals surface area contributed by atoms with Crippen LogP contribution in [-0.2, 0) is 4.79 Å². The average molecular weight is 151 g/mol. The monoisotopic (exact) mass is 151 g/mol. The fourth-order valence-electron chi connectivity index (χ4n) is 1.77. The maximum atomic E-state index is 11.0. The van der Waals surface area contributed by atoms with Crippen molar-refractivity contribution in [3.8, 4) is 0 Å². The maximum absolute atomic E-state index is 11.0. The minimum Gasteiger partial charge on any atom is -0.348 e. The molecule has 2 nitrogen and oxygen atoms in total. The first-order valence-corrected chi connectivity index (χ1v) is 4.03. The predicted octanol–water partition coefficient (Wildman–Crippen LogP) is 1.09. The molecule has 1 fully saturated rings. The van der Waals surface area contributed by atoms with Crippen LogP contribution in [0.25, 0.3) is 0 Å². The number of carbonyl (C=O) groups excluding carboxylic acids is 1. The fraction of sp³-hybridized carbons (Fsp3) is 0.667. The molecule has 0 aromatic rings. The molecule has 0 saturated carbocycles. The zero-order valence-corrected chi connectivity index (χ0v) is 7.14. The molecule has 1 aliphatic carbocycles. The lowest BCUT2D eigenvalue weighted by Crippen LogP contribution is -2.64. The molecule has 2 aliphatic rings. The molecule has 0 aromatic heterocycles. The standard InChI is InChI=1S/C9H13NO/c1-9(2,3)5-4-6-7(5)8(11)10-6/h4,6-7H,1-3H3,(H,10,11). The van der Waals surface area contributed by atoms with E-state index < -0.39 is 0 Å². The van der Waals surface area contributed by atoms with Crippen LogP contribution in [0.2, 0.25) is 0 Å². The molecule has 2 unspecified atom stereocenters. The Morgan fingerprint density at radius 2 is 2.09 bits per heavy atom. The Morgan fingerprint density at radius 1 is 1.45 bits per heavy atom. The van der Waals surface area contributed by atoms with Gasteiger partial charge in [0.25, 0.3) is 0 Å². The number of carbonyl (C=O) groups is 1. The summed E-state index contributed by atoms with van der Waals surface area (Å²) in [5.74, 6) is 0.428. The quantitative estimate of drug-likeness (QED) is 0.407. The van der Waals surface area contributed by atoms with E-state index in [0.717, 1.165) is 0 Å². The summed E-state index contributed by atoms with van der Waals surface area (Å²) in [4.78, 5) is 11.0. The summed E-state index contributed by atoms with van der Waals surface area (Å²) < 4.78 is 0. The van der Waals surface area contributed by atoms with Gasteiger partial charge in [0.2, 0.25) is 5.91 Å². The number of β-lactam (4-membered cyclic amide) rings is 1. The molecule has 1 heterocycles. The molecule has 2 atom stereocenters. The SMILES string of the molecule is CC(C)(C)C1=CC2NC(=O)C12. The largest absolute Gasteiger partial charge is 0.348 e. The number of hydrogen-bond acceptors (Lipinski definition) is 1. The first-order chi connectivity index (χ1) is 5.00. The smallest absolute Gasteiger partial charge is 0.230 e. The summed E-state index contributed by atoms with van der Waals surface area (Å²) in [5.41, 5.74) is 1.49. The lowest BCUT2D eigenvalue weighted by atomic mass is 9.64. The lowest BCUT2D eigenvalue weighted by Gasteiger charge is -2.49. The van der Waals surface area contributed by atoms with E-state index in [1.165, 1.54) is 5.57 Å². The van der Waals surface area contributed by atoms with Gasteiger partial charge in [-0.2, -0.15) is 0 Å². The molecule has 1 N–H and O–H groups in total. The fourth-order valence-corrected chi connectivity index (χ4v) is 1.77. The third-order valence-corrected chi connectivity index (χ3v) is 2.51. The van der Waals surface area contributed by atoms with E-state index in [2.05, 4.69) is 32.2 Å². The minimum absolute atomic E-state index is 0.179. The number of fused-ring (bicyclic) bond motifs is 1. The van der Waals surface area contributed by atoms with Gasteiger partial charge in [0, 0.05) is 0 Å². The molecular weight excluding hydrogens is 138 g/mol. The number of amides is 1. The highest BCUT2D eigenvalue weighted by molar-refractivity contribution is 5.92. The van der Waals surface area contributed by atoms with Gasteiger partial charge in [-0.3, -0.25) is 4.79 Å². The van der Waals surface area contributed by atoms with Crippen LogP contribution in [0, 0.1) is 11.3 Å². The van der Waals surface area contributed by atoms with E-state index >= 15 is 0 Å². The number of rotatable bonds is 0. The zero-order valence-electron chi connectivity index (χ0n) is 7.14. The van der Waals surface area contributed by atoms with Gasteiger partial charge in [-0.15, -0.1) is 0 Å². The van der Waals surface area contributed by atoms with E-state index in [0.29, 0.717) is 6.04 Å². The Kier molecular flexibility index (Phi) is 1.05. The summed E-state index contributed by atoms with van der Waals surface area (Å²) in [6.45, 7) is 6.46. The molecular formula is C9H13NO. The van der Waals surface area contributed by atoms with Gasteiger partial charge in [0.05, 0.1) is 12.0 Å². The van der Waals surface area contributed by atoms with Gasteiger partial charge >= 0.3 is 0 Å². The van der Waals surface area contributed by atoms with Gasteiger partial charge in [-0.05, 0) is 5.41 Å². The first kappa shape index (κ1) is 6.89. The number of hydrogen-bond donors (Lipinski definition) is 1. The average Bonchev–Trinajstić information content (AvgIpc) is 1.77. The summed E-state index contributed by atoms with van der Waals surface area (Å²) in [6, 6.07) is 0.372. The molecule has 1 aliphatic heterocycles. The second-order valence-electron chi connectivity index (χ2n) is 4.38. The van der Waals surface area contributed by atoms with Crippen molar-refractivity contribution >= 4 is 5.91 Å². The van der Waals surface area contributed by atoms with E-state index in [9.17, 15) is 4.79 Å². The van der Waals surface area contributed by atoms with Gasteiger partial charge < -0.3 is 5.32 Å². The predicted molar refractivity (Wildman–Crippen MR) is 43.0 cm³/mol. The van der Waals surface area contributed by atoms with Crippen molar-refractivity contribution in [2.24, 2.45) is 11.3 Å². The van der Waals surface area contributed by atoms with Crippen molar-refractivity contribution in [1.29, 1.82) is 0 Å². The molecule has 60 valence electrons. The van der Waals surface area contributed by atoms with Gasteiger partial charge in [-0.1, -0.05) is 32.4 Å². The van der Waals surface area contributed by atoms with Gasteiger partial charge in [0.1, 0.15) is 0 Å². The van der Waals surface area contributed by atoms with Crippen LogP contribution in [0.15, 0.2) is 11.6 Å². The molecule has 0 radical (unpaired) electrons. The summed E-state index contributed by atoms with van der Waals surface area (Å²) >= 11 is 0. The first-order valence-electron chi connectivity index (χ1n) is 4.03. The lowest BCUT2D eigenvalue weighted by molar-refractivity contribution is -0.133. The van der Waals surface area contributed by atoms with Gasteiger partial charge in [0.15, 0.2) is 0 Å². The van der Waals surface area contributed by atoms with Crippen LogP contribution in [0.3, 0.4) is 0 Å². The highest BCUT2D eigenvalue weighted by Gasteiger charge is 2.50. The molecule has 2 rings (SSSR count). The third-order valence-electron chi connectivity index (χ3n) is 2.51. The topological polar surface area (TPSA) is 29.1 Å². The Bertz CT molecular complexity index is 247. The Morgan fingerprint density at radius 3 is 2.36 bits per heavy atom. The van der Waals surface area contributed by atoms with Crippen molar-refractivity contribution in [3.63, 3.8) is 0 Å². The molecule has 2 heteroatoms. The zero-order chi connectivity index (χ0) is 8.22. The minimum atomic E-state index is 0.179. The van der Waals surface area contributed by atoms with Crippen molar-refractivity contribution in [3.05, 3.63) is 11.6 Å². The molecule has 1 amide bonds. The second kappa shape index (κ2) is 1.68. The van der Waals surface area contributed by atoms with Crippen LogP contribution < -0.4 is 5.32 Å². The Balaban J connectivity index is 2.21. The summed E-state index contributed by atoms with van der Waals surface area (Å²) in [6.07, 6.45) is 2.17. The van der Waals surface area contributed by atoms with Crippen molar-refractivity contribution in [2.75, 3.05) is 0 Å². The van der Waals surface area contributed by atoms with E-state index in [1.807, 2.05) is 0 Å². The Labute approximate surface area is 66.7 Å². The van der Waals surface area contributed by atoms with Crippen molar-refractivity contribution in [1.82, 2.24) is 5.32 Å². The Hall–Kier alpha value is -0.790. The van der Waals surface area contributed by atoms with Crippen LogP contribution >= 0.6 is 0 Å². The molecule has 0 aromatic carbocycles. The summed E-state index contributed by atoms with van der Waals surface area (Å²) in [7, 11) is 0. The molecule has 0 spiro atoms. The third kappa shape index (κ3) is 0.753. The molecule has 0 bridgehead atoms. The van der Waals surface area contributed by atoms with Gasteiger partial charge in [-0.25, -0.2) is 0 Å². The molecule has 1 saturated heterocycles. The van der Waals surface area contributed by atoms with E-state index in [4.69, 9.17) is 0 Å². The molecule has 11 heavy (non-hydrogen) atoms. The van der Waals surface area contributed by atoms with E-state index in [-0.39, 0.29) is 17.2 Å².